The molecule has 0 bridgehead atoms. The van der Waals surface area contributed by atoms with Gasteiger partial charge in [-0.25, -0.2) is 0 Å². The van der Waals surface area contributed by atoms with Crippen molar-refractivity contribution in [2.75, 3.05) is 0 Å². The van der Waals surface area contributed by atoms with Gasteiger partial charge in [-0.2, -0.15) is 20.8 Å². The predicted molar refractivity (Wildman–Crippen MR) is 83.7 cm³/mol. The molecular formula is C18H16N4. The van der Waals surface area contributed by atoms with Gasteiger partial charge in [-0.1, -0.05) is 60.7 Å². The van der Waals surface area contributed by atoms with Gasteiger partial charge in [0.05, 0.1) is 25.0 Å². The summed E-state index contributed by atoms with van der Waals surface area (Å²) >= 11 is 0. The van der Waals surface area contributed by atoms with E-state index >= 15 is 0 Å². The molecule has 0 aliphatic carbocycles. The summed E-state index contributed by atoms with van der Waals surface area (Å²) in [6.45, 7) is 0. The maximum atomic E-state index is 8.98. The van der Waals surface area contributed by atoms with Crippen LogP contribution in [-0.2, 0) is 0 Å². The Hall–Kier alpha value is -2.98. The normalized spacial score (nSPS) is 13.2. The van der Waals surface area contributed by atoms with Gasteiger partial charge < -0.3 is 0 Å². The van der Waals surface area contributed by atoms with E-state index in [1.165, 1.54) is 0 Å². The molecule has 0 amide bonds. The molecule has 108 valence electrons. The molecule has 0 fully saturated rings. The van der Waals surface area contributed by atoms with Crippen LogP contribution in [0.15, 0.2) is 70.9 Å². The van der Waals surface area contributed by atoms with Crippen molar-refractivity contribution in [1.29, 1.82) is 10.5 Å². The van der Waals surface area contributed by atoms with Gasteiger partial charge in [0.15, 0.2) is 0 Å². The minimum absolute atomic E-state index is 0.265. The Bertz CT molecular complexity index is 619. The average Bonchev–Trinajstić information content (AvgIpc) is 2.59. The minimum atomic E-state index is -0.295. The van der Waals surface area contributed by atoms with Crippen molar-refractivity contribution in [2.45, 2.75) is 24.9 Å². The third kappa shape index (κ3) is 4.26. The van der Waals surface area contributed by atoms with Crippen molar-refractivity contribution in [1.82, 2.24) is 0 Å². The Balaban J connectivity index is 2.21. The van der Waals surface area contributed by atoms with Crippen molar-refractivity contribution < 1.29 is 0 Å². The van der Waals surface area contributed by atoms with Gasteiger partial charge in [0.2, 0.25) is 0 Å². The Labute approximate surface area is 130 Å². The van der Waals surface area contributed by atoms with E-state index in [0.717, 1.165) is 11.1 Å². The number of hydrogen-bond donors (Lipinski definition) is 0. The van der Waals surface area contributed by atoms with Gasteiger partial charge >= 0.3 is 0 Å². The van der Waals surface area contributed by atoms with Crippen molar-refractivity contribution in [3.05, 3.63) is 71.8 Å². The lowest BCUT2D eigenvalue weighted by Crippen LogP contribution is -1.97. The van der Waals surface area contributed by atoms with Crippen LogP contribution in [-0.4, -0.2) is 0 Å². The third-order valence-electron chi connectivity index (χ3n) is 3.28. The summed E-state index contributed by atoms with van der Waals surface area (Å²) in [6, 6.07) is 22.9. The molecule has 0 aliphatic rings. The highest BCUT2D eigenvalue weighted by atomic mass is 15.1. The second-order valence-electron chi connectivity index (χ2n) is 4.81. The summed E-state index contributed by atoms with van der Waals surface area (Å²) in [4.78, 5) is 0. The average molecular weight is 288 g/mol. The molecule has 0 aromatic heterocycles. The van der Waals surface area contributed by atoms with Crippen molar-refractivity contribution in [2.24, 2.45) is 10.2 Å². The van der Waals surface area contributed by atoms with Gasteiger partial charge in [-0.15, -0.1) is 0 Å². The van der Waals surface area contributed by atoms with E-state index in [1.54, 1.807) is 0 Å². The first kappa shape index (κ1) is 15.4. The summed E-state index contributed by atoms with van der Waals surface area (Å²) < 4.78 is 0. The molecule has 0 aliphatic heterocycles. The molecule has 0 saturated carbocycles. The lowest BCUT2D eigenvalue weighted by atomic mass is 10.0. The molecule has 2 atom stereocenters. The molecule has 0 radical (unpaired) electrons. The molecule has 0 spiro atoms. The Morgan fingerprint density at radius 3 is 1.36 bits per heavy atom. The SMILES string of the molecule is N#CCC(N=NC(CC#N)c1ccccc1)c1ccccc1. The maximum Gasteiger partial charge on any atom is 0.109 e. The van der Waals surface area contributed by atoms with Crippen LogP contribution in [0.3, 0.4) is 0 Å². The van der Waals surface area contributed by atoms with Gasteiger partial charge in [0, 0.05) is 0 Å². The summed E-state index contributed by atoms with van der Waals surface area (Å²) in [5.74, 6) is 0. The topological polar surface area (TPSA) is 72.3 Å². The molecule has 2 rings (SSSR count). The van der Waals surface area contributed by atoms with Crippen LogP contribution >= 0.6 is 0 Å². The number of benzene rings is 2. The molecule has 22 heavy (non-hydrogen) atoms. The van der Waals surface area contributed by atoms with E-state index in [0.29, 0.717) is 0 Å². The van der Waals surface area contributed by atoms with Crippen molar-refractivity contribution >= 4 is 0 Å². The smallest absolute Gasteiger partial charge is 0.109 e. The number of nitrogens with zero attached hydrogens (tertiary/aromatic N) is 4. The summed E-state index contributed by atoms with van der Waals surface area (Å²) in [7, 11) is 0. The highest BCUT2D eigenvalue weighted by Crippen LogP contribution is 2.26. The molecular weight excluding hydrogens is 272 g/mol. The lowest BCUT2D eigenvalue weighted by molar-refractivity contribution is 0.613. The highest BCUT2D eigenvalue weighted by Gasteiger charge is 2.13. The van der Waals surface area contributed by atoms with E-state index in [-0.39, 0.29) is 24.9 Å². The Kier molecular flexibility index (Phi) is 5.84. The zero-order valence-electron chi connectivity index (χ0n) is 12.1. The number of hydrogen-bond acceptors (Lipinski definition) is 4. The van der Waals surface area contributed by atoms with Crippen LogP contribution < -0.4 is 0 Å². The fourth-order valence-corrected chi connectivity index (χ4v) is 2.13. The first-order chi connectivity index (χ1) is 10.8. The molecule has 4 nitrogen and oxygen atoms in total. The number of nitriles is 2. The van der Waals surface area contributed by atoms with E-state index in [2.05, 4.69) is 22.4 Å². The minimum Gasteiger partial charge on any atom is -0.198 e. The largest absolute Gasteiger partial charge is 0.198 e. The fourth-order valence-electron chi connectivity index (χ4n) is 2.13. The van der Waals surface area contributed by atoms with Crippen LogP contribution in [0.1, 0.15) is 36.1 Å². The standard InChI is InChI=1S/C18H16N4/c19-13-11-17(15-7-3-1-4-8-15)21-22-18(12-14-20)16-9-5-2-6-10-16/h1-10,17-18H,11-12H2. The van der Waals surface area contributed by atoms with Crippen LogP contribution in [0.2, 0.25) is 0 Å². The van der Waals surface area contributed by atoms with Gasteiger partial charge in [0.1, 0.15) is 12.1 Å². The van der Waals surface area contributed by atoms with E-state index < -0.39 is 0 Å². The molecule has 0 saturated heterocycles. The summed E-state index contributed by atoms with van der Waals surface area (Å²) in [6.07, 6.45) is 0.531. The lowest BCUT2D eigenvalue weighted by Gasteiger charge is -2.11. The Morgan fingerprint density at radius 1 is 0.682 bits per heavy atom. The molecule has 4 heteroatoms. The quantitative estimate of drug-likeness (QED) is 0.719. The molecule has 0 N–H and O–H groups in total. The van der Waals surface area contributed by atoms with Crippen molar-refractivity contribution in [3.8, 4) is 12.1 Å². The van der Waals surface area contributed by atoms with E-state index in [9.17, 15) is 0 Å². The third-order valence-corrected chi connectivity index (χ3v) is 3.28. The monoisotopic (exact) mass is 288 g/mol. The van der Waals surface area contributed by atoms with Crippen LogP contribution in [0.5, 0.6) is 0 Å². The van der Waals surface area contributed by atoms with E-state index in [4.69, 9.17) is 10.5 Å². The highest BCUT2D eigenvalue weighted by molar-refractivity contribution is 5.21. The zero-order chi connectivity index (χ0) is 15.6. The first-order valence-corrected chi connectivity index (χ1v) is 7.09. The van der Waals surface area contributed by atoms with E-state index in [1.807, 2.05) is 60.7 Å². The molecule has 2 unspecified atom stereocenters. The molecule has 2 aromatic rings. The van der Waals surface area contributed by atoms with Crippen LogP contribution in [0, 0.1) is 22.7 Å². The van der Waals surface area contributed by atoms with Crippen LogP contribution in [0.25, 0.3) is 0 Å². The van der Waals surface area contributed by atoms with Gasteiger partial charge in [0.25, 0.3) is 0 Å². The maximum absolute atomic E-state index is 8.98. The second-order valence-corrected chi connectivity index (χ2v) is 4.81. The molecule has 2 aromatic carbocycles. The first-order valence-electron chi connectivity index (χ1n) is 7.09. The number of azo groups is 1. The molecule has 0 heterocycles. The zero-order valence-corrected chi connectivity index (χ0v) is 12.1. The van der Waals surface area contributed by atoms with Gasteiger partial charge in [-0.05, 0) is 11.1 Å². The van der Waals surface area contributed by atoms with Crippen molar-refractivity contribution in [3.63, 3.8) is 0 Å². The predicted octanol–water partition coefficient (Wildman–Crippen LogP) is 4.75. The fraction of sp³-hybridized carbons (Fsp3) is 0.222. The number of rotatable bonds is 6. The second kappa shape index (κ2) is 8.34. The summed E-state index contributed by atoms with van der Waals surface area (Å²) in [5, 5.41) is 26.6. The summed E-state index contributed by atoms with van der Waals surface area (Å²) in [5.41, 5.74) is 1.91. The Morgan fingerprint density at radius 2 is 1.05 bits per heavy atom. The van der Waals surface area contributed by atoms with Gasteiger partial charge in [-0.3, -0.25) is 0 Å². The van der Waals surface area contributed by atoms with Crippen LogP contribution in [0.4, 0.5) is 0 Å².